The fourth-order valence-electron chi connectivity index (χ4n) is 2.61. The summed E-state index contributed by atoms with van der Waals surface area (Å²) >= 11 is 0. The largest absolute Gasteiger partial charge is 0.357 e. The van der Waals surface area contributed by atoms with Gasteiger partial charge in [-0.05, 0) is 25.3 Å². The Morgan fingerprint density at radius 2 is 1.81 bits per heavy atom. The molecule has 0 spiro atoms. The Balaban J connectivity index is 0.00000220. The highest BCUT2D eigenvalue weighted by Gasteiger charge is 2.21. The lowest BCUT2D eigenvalue weighted by atomic mass is 9.85. The number of likely N-dealkylation sites (tertiary alicyclic amines) is 1. The predicted octanol–water partition coefficient (Wildman–Crippen LogP) is 3.64. The monoisotopic (exact) mass is 401 g/mol. The second-order valence-electron chi connectivity index (χ2n) is 6.11. The third-order valence-corrected chi connectivity index (χ3v) is 3.92. The minimum Gasteiger partial charge on any atom is -0.357 e. The van der Waals surface area contributed by atoms with Crippen LogP contribution in [0.5, 0.6) is 0 Å². The van der Waals surface area contributed by atoms with Gasteiger partial charge in [0.25, 0.3) is 0 Å². The van der Waals surface area contributed by atoms with Crippen molar-refractivity contribution in [3.8, 4) is 0 Å². The van der Waals surface area contributed by atoms with Crippen molar-refractivity contribution in [2.75, 3.05) is 26.2 Å². The molecule has 1 saturated heterocycles. The molecule has 118 valence electrons. The minimum atomic E-state index is 0. The summed E-state index contributed by atoms with van der Waals surface area (Å²) in [7, 11) is 0. The number of benzene rings is 1. The molecule has 0 amide bonds. The first-order chi connectivity index (χ1) is 9.63. The quantitative estimate of drug-likeness (QED) is 0.474. The van der Waals surface area contributed by atoms with Gasteiger partial charge >= 0.3 is 0 Å². The van der Waals surface area contributed by atoms with Crippen LogP contribution in [0.4, 0.5) is 0 Å². The number of nitrogens with zero attached hydrogens (tertiary/aromatic N) is 2. The molecule has 3 nitrogen and oxygen atoms in total. The second-order valence-corrected chi connectivity index (χ2v) is 6.11. The second kappa shape index (κ2) is 8.61. The SMILES string of the molecule is CCNC(=NCC(C)(C)c1ccccc1)N1CCCC1.I. The van der Waals surface area contributed by atoms with E-state index < -0.39 is 0 Å². The molecule has 2 rings (SSSR count). The van der Waals surface area contributed by atoms with Gasteiger partial charge in [-0.25, -0.2) is 0 Å². The fraction of sp³-hybridized carbons (Fsp3) is 0.588. The van der Waals surface area contributed by atoms with Crippen LogP contribution in [0.2, 0.25) is 0 Å². The maximum Gasteiger partial charge on any atom is 0.193 e. The first kappa shape index (κ1) is 18.3. The van der Waals surface area contributed by atoms with Crippen LogP contribution in [0.3, 0.4) is 0 Å². The summed E-state index contributed by atoms with van der Waals surface area (Å²) in [6.07, 6.45) is 2.57. The highest BCUT2D eigenvalue weighted by atomic mass is 127. The summed E-state index contributed by atoms with van der Waals surface area (Å²) in [6.45, 7) is 10.7. The van der Waals surface area contributed by atoms with Crippen molar-refractivity contribution in [2.45, 2.75) is 39.0 Å². The summed E-state index contributed by atoms with van der Waals surface area (Å²) in [5, 5.41) is 3.42. The first-order valence-electron chi connectivity index (χ1n) is 7.72. The summed E-state index contributed by atoms with van der Waals surface area (Å²) in [5.74, 6) is 1.08. The fourth-order valence-corrected chi connectivity index (χ4v) is 2.61. The molecule has 0 bridgehead atoms. The number of hydrogen-bond acceptors (Lipinski definition) is 1. The average molecular weight is 401 g/mol. The maximum absolute atomic E-state index is 4.87. The lowest BCUT2D eigenvalue weighted by Gasteiger charge is -2.26. The molecule has 1 heterocycles. The van der Waals surface area contributed by atoms with Crippen LogP contribution >= 0.6 is 24.0 Å². The molecule has 1 aromatic carbocycles. The summed E-state index contributed by atoms with van der Waals surface area (Å²) in [6, 6.07) is 10.7. The Morgan fingerprint density at radius 3 is 2.38 bits per heavy atom. The van der Waals surface area contributed by atoms with E-state index in [2.05, 4.69) is 61.3 Å². The third-order valence-electron chi connectivity index (χ3n) is 3.92. The molecular weight excluding hydrogens is 373 g/mol. The van der Waals surface area contributed by atoms with Crippen molar-refractivity contribution >= 4 is 29.9 Å². The average Bonchev–Trinajstić information content (AvgIpc) is 2.98. The van der Waals surface area contributed by atoms with Gasteiger partial charge in [0.05, 0.1) is 6.54 Å². The highest BCUT2D eigenvalue weighted by Crippen LogP contribution is 2.23. The lowest BCUT2D eigenvalue weighted by molar-refractivity contribution is 0.480. The van der Waals surface area contributed by atoms with E-state index in [1.807, 2.05) is 0 Å². The van der Waals surface area contributed by atoms with Gasteiger partial charge in [-0.1, -0.05) is 44.2 Å². The zero-order valence-corrected chi connectivity index (χ0v) is 15.8. The molecule has 1 fully saturated rings. The normalized spacial score (nSPS) is 15.8. The van der Waals surface area contributed by atoms with Gasteiger partial charge in [-0.15, -0.1) is 24.0 Å². The van der Waals surface area contributed by atoms with Gasteiger partial charge in [0.2, 0.25) is 0 Å². The Hall–Kier alpha value is -0.780. The summed E-state index contributed by atoms with van der Waals surface area (Å²) in [4.78, 5) is 7.25. The van der Waals surface area contributed by atoms with Gasteiger partial charge in [-0.2, -0.15) is 0 Å². The van der Waals surface area contributed by atoms with E-state index in [9.17, 15) is 0 Å². The van der Waals surface area contributed by atoms with E-state index >= 15 is 0 Å². The third kappa shape index (κ3) is 5.16. The van der Waals surface area contributed by atoms with Crippen molar-refractivity contribution in [1.82, 2.24) is 10.2 Å². The Morgan fingerprint density at radius 1 is 1.19 bits per heavy atom. The van der Waals surface area contributed by atoms with E-state index in [0.29, 0.717) is 0 Å². The molecule has 0 unspecified atom stereocenters. The molecule has 0 aromatic heterocycles. The van der Waals surface area contributed by atoms with Crippen molar-refractivity contribution in [3.05, 3.63) is 35.9 Å². The number of aliphatic imine (C=N–C) groups is 1. The first-order valence-corrected chi connectivity index (χ1v) is 7.72. The van der Waals surface area contributed by atoms with Gasteiger partial charge < -0.3 is 10.2 Å². The Labute approximate surface area is 146 Å². The Bertz CT molecular complexity index is 437. The number of nitrogens with one attached hydrogen (secondary N) is 1. The molecule has 1 aliphatic heterocycles. The molecule has 1 N–H and O–H groups in total. The van der Waals surface area contributed by atoms with E-state index in [4.69, 9.17) is 4.99 Å². The summed E-state index contributed by atoms with van der Waals surface area (Å²) < 4.78 is 0. The predicted molar refractivity (Wildman–Crippen MR) is 102 cm³/mol. The standard InChI is InChI=1S/C17H27N3.HI/c1-4-18-16(20-12-8-9-13-20)19-14-17(2,3)15-10-6-5-7-11-15;/h5-7,10-11H,4,8-9,12-14H2,1-3H3,(H,18,19);1H. The van der Waals surface area contributed by atoms with Crippen LogP contribution in [-0.2, 0) is 5.41 Å². The molecule has 0 saturated carbocycles. The van der Waals surface area contributed by atoms with Gasteiger partial charge in [0.1, 0.15) is 0 Å². The molecule has 1 aromatic rings. The van der Waals surface area contributed by atoms with Gasteiger partial charge in [0.15, 0.2) is 5.96 Å². The molecule has 0 radical (unpaired) electrons. The molecule has 0 atom stereocenters. The minimum absolute atomic E-state index is 0. The van der Waals surface area contributed by atoms with Crippen LogP contribution < -0.4 is 5.32 Å². The van der Waals surface area contributed by atoms with Crippen LogP contribution in [-0.4, -0.2) is 37.0 Å². The molecule has 1 aliphatic rings. The van der Waals surface area contributed by atoms with Crippen LogP contribution in [0.25, 0.3) is 0 Å². The van der Waals surface area contributed by atoms with Gasteiger partial charge in [-0.3, -0.25) is 4.99 Å². The van der Waals surface area contributed by atoms with Crippen molar-refractivity contribution in [1.29, 1.82) is 0 Å². The number of hydrogen-bond donors (Lipinski definition) is 1. The van der Waals surface area contributed by atoms with Crippen LogP contribution in [0.1, 0.15) is 39.2 Å². The molecule has 21 heavy (non-hydrogen) atoms. The van der Waals surface area contributed by atoms with Crippen molar-refractivity contribution in [2.24, 2.45) is 4.99 Å². The van der Waals surface area contributed by atoms with Crippen LogP contribution in [0.15, 0.2) is 35.3 Å². The Kier molecular flexibility index (Phi) is 7.49. The van der Waals surface area contributed by atoms with E-state index in [0.717, 1.165) is 32.1 Å². The van der Waals surface area contributed by atoms with E-state index in [1.165, 1.54) is 18.4 Å². The summed E-state index contributed by atoms with van der Waals surface area (Å²) in [5.41, 5.74) is 1.42. The molecular formula is C17H28IN3. The zero-order valence-electron chi connectivity index (χ0n) is 13.4. The highest BCUT2D eigenvalue weighted by molar-refractivity contribution is 14.0. The lowest BCUT2D eigenvalue weighted by Crippen LogP contribution is -2.40. The van der Waals surface area contributed by atoms with Crippen LogP contribution in [0, 0.1) is 0 Å². The molecule has 4 heteroatoms. The van der Waals surface area contributed by atoms with Crippen molar-refractivity contribution in [3.63, 3.8) is 0 Å². The number of guanidine groups is 1. The van der Waals surface area contributed by atoms with Crippen molar-refractivity contribution < 1.29 is 0 Å². The van der Waals surface area contributed by atoms with E-state index in [1.54, 1.807) is 0 Å². The van der Waals surface area contributed by atoms with E-state index in [-0.39, 0.29) is 29.4 Å². The number of rotatable bonds is 4. The van der Waals surface area contributed by atoms with Gasteiger partial charge in [0, 0.05) is 25.0 Å². The number of halogens is 1. The smallest absolute Gasteiger partial charge is 0.193 e. The zero-order chi connectivity index (χ0) is 14.4. The topological polar surface area (TPSA) is 27.6 Å². The maximum atomic E-state index is 4.87. The molecule has 0 aliphatic carbocycles.